The first-order chi connectivity index (χ1) is 8.04. The number of anilines is 1. The molecule has 1 aromatic rings. The van der Waals surface area contributed by atoms with Crippen LogP contribution in [0, 0.1) is 6.92 Å². The summed E-state index contributed by atoms with van der Waals surface area (Å²) in [4.78, 5) is 18.7. The minimum Gasteiger partial charge on any atom is -0.310 e. The molecule has 0 aliphatic heterocycles. The summed E-state index contributed by atoms with van der Waals surface area (Å²) in [5.74, 6) is -1.79. The second-order valence-electron chi connectivity index (χ2n) is 3.81. The second-order valence-corrected chi connectivity index (χ2v) is 4.20. The largest absolute Gasteiger partial charge is 0.415 e. The average molecular weight is 283 g/mol. The van der Waals surface area contributed by atoms with E-state index < -0.39 is 17.6 Å². The average Bonchev–Trinajstić information content (AvgIpc) is 2.13. The first kappa shape index (κ1) is 14.7. The number of nitrogens with two attached hydrogens (primary N) is 1. The zero-order valence-electron chi connectivity index (χ0n) is 9.47. The molecule has 5 nitrogen and oxygen atoms in total. The van der Waals surface area contributed by atoms with Crippen molar-refractivity contribution in [3.05, 3.63) is 16.9 Å². The molecule has 0 aromatic carbocycles. The lowest BCUT2D eigenvalue weighted by Gasteiger charge is -2.25. The standard InChI is InChI=1S/C9H10ClF3N4O/c1-4-3-5(10)16-7(15-4)17-6(18)8(2,14)9(11,12)13/h3H,14H2,1-2H3,(H,15,16,17,18). The molecule has 0 aliphatic rings. The molecule has 0 radical (unpaired) electrons. The van der Waals surface area contributed by atoms with Crippen molar-refractivity contribution < 1.29 is 18.0 Å². The fourth-order valence-electron chi connectivity index (χ4n) is 0.946. The monoisotopic (exact) mass is 282 g/mol. The summed E-state index contributed by atoms with van der Waals surface area (Å²) < 4.78 is 37.5. The topological polar surface area (TPSA) is 80.9 Å². The molecule has 1 rings (SSSR count). The van der Waals surface area contributed by atoms with E-state index in [9.17, 15) is 18.0 Å². The fraction of sp³-hybridized carbons (Fsp3) is 0.444. The number of rotatable bonds is 2. The molecule has 1 atom stereocenters. The minimum atomic E-state index is -4.88. The molecule has 1 unspecified atom stereocenters. The van der Waals surface area contributed by atoms with Crippen molar-refractivity contribution >= 4 is 23.5 Å². The third-order valence-electron chi connectivity index (χ3n) is 2.11. The van der Waals surface area contributed by atoms with Gasteiger partial charge in [0.05, 0.1) is 0 Å². The normalized spacial score (nSPS) is 15.1. The van der Waals surface area contributed by atoms with Crippen molar-refractivity contribution in [3.8, 4) is 0 Å². The van der Waals surface area contributed by atoms with E-state index in [1.54, 1.807) is 6.92 Å². The van der Waals surface area contributed by atoms with Crippen molar-refractivity contribution in [3.63, 3.8) is 0 Å². The van der Waals surface area contributed by atoms with Gasteiger partial charge in [-0.2, -0.15) is 13.2 Å². The van der Waals surface area contributed by atoms with Gasteiger partial charge in [0, 0.05) is 5.69 Å². The van der Waals surface area contributed by atoms with E-state index in [0.717, 1.165) is 0 Å². The van der Waals surface area contributed by atoms with E-state index in [-0.39, 0.29) is 11.1 Å². The molecule has 1 aromatic heterocycles. The fourth-order valence-corrected chi connectivity index (χ4v) is 1.18. The van der Waals surface area contributed by atoms with Crippen LogP contribution in [-0.4, -0.2) is 27.6 Å². The van der Waals surface area contributed by atoms with E-state index in [1.807, 2.05) is 5.32 Å². The van der Waals surface area contributed by atoms with E-state index in [4.69, 9.17) is 17.3 Å². The molecule has 3 N–H and O–H groups in total. The molecule has 0 fully saturated rings. The summed E-state index contributed by atoms with van der Waals surface area (Å²) in [6, 6.07) is 1.39. The van der Waals surface area contributed by atoms with Gasteiger partial charge in [-0.25, -0.2) is 9.97 Å². The van der Waals surface area contributed by atoms with Crippen LogP contribution < -0.4 is 11.1 Å². The van der Waals surface area contributed by atoms with Crippen LogP contribution in [0.2, 0.25) is 5.15 Å². The Bertz CT molecular complexity index is 455. The van der Waals surface area contributed by atoms with Gasteiger partial charge in [-0.1, -0.05) is 11.6 Å². The molecule has 0 spiro atoms. The second kappa shape index (κ2) is 4.69. The van der Waals surface area contributed by atoms with Crippen molar-refractivity contribution in [1.82, 2.24) is 9.97 Å². The maximum Gasteiger partial charge on any atom is 0.415 e. The molecule has 0 bridgehead atoms. The minimum absolute atomic E-state index is 0.00327. The highest BCUT2D eigenvalue weighted by Gasteiger charge is 2.54. The predicted molar refractivity (Wildman–Crippen MR) is 59.1 cm³/mol. The maximum absolute atomic E-state index is 12.5. The summed E-state index contributed by atoms with van der Waals surface area (Å²) in [5, 5.41) is 1.88. The molecule has 100 valence electrons. The summed E-state index contributed by atoms with van der Waals surface area (Å²) in [6.07, 6.45) is -4.88. The Morgan fingerprint density at radius 3 is 2.44 bits per heavy atom. The summed E-state index contributed by atoms with van der Waals surface area (Å²) >= 11 is 5.58. The van der Waals surface area contributed by atoms with Crippen molar-refractivity contribution in [2.24, 2.45) is 5.73 Å². The quantitative estimate of drug-likeness (QED) is 0.808. The summed E-state index contributed by atoms with van der Waals surface area (Å²) in [5.41, 5.74) is 2.30. The number of nitrogens with zero attached hydrogens (tertiary/aromatic N) is 2. The van der Waals surface area contributed by atoms with Gasteiger partial charge < -0.3 is 5.73 Å². The predicted octanol–water partition coefficient (Wildman–Crippen LogP) is 1.66. The number of hydrogen-bond acceptors (Lipinski definition) is 4. The van der Waals surface area contributed by atoms with Crippen molar-refractivity contribution in [2.75, 3.05) is 5.32 Å². The third kappa shape index (κ3) is 3.08. The molecular weight excluding hydrogens is 273 g/mol. The Morgan fingerprint density at radius 1 is 1.44 bits per heavy atom. The van der Waals surface area contributed by atoms with Gasteiger partial charge in [0.2, 0.25) is 5.95 Å². The molecule has 1 amide bonds. The van der Waals surface area contributed by atoms with Crippen LogP contribution in [0.4, 0.5) is 19.1 Å². The lowest BCUT2D eigenvalue weighted by Crippen LogP contribution is -2.59. The highest BCUT2D eigenvalue weighted by molar-refractivity contribution is 6.29. The molecule has 1 heterocycles. The number of hydrogen-bond donors (Lipinski definition) is 2. The molecule has 9 heteroatoms. The lowest BCUT2D eigenvalue weighted by molar-refractivity contribution is -0.184. The Morgan fingerprint density at radius 2 is 2.00 bits per heavy atom. The van der Waals surface area contributed by atoms with Gasteiger partial charge in [0.15, 0.2) is 5.54 Å². The van der Waals surface area contributed by atoms with Gasteiger partial charge in [-0.15, -0.1) is 0 Å². The van der Waals surface area contributed by atoms with Gasteiger partial charge in [0.25, 0.3) is 5.91 Å². The first-order valence-corrected chi connectivity index (χ1v) is 5.10. The van der Waals surface area contributed by atoms with Crippen LogP contribution in [0.1, 0.15) is 12.6 Å². The number of alkyl halides is 3. The van der Waals surface area contributed by atoms with Crippen LogP contribution in [0.25, 0.3) is 0 Å². The molecular formula is C9H10ClF3N4O. The van der Waals surface area contributed by atoms with Crippen LogP contribution in [-0.2, 0) is 4.79 Å². The molecule has 18 heavy (non-hydrogen) atoms. The number of carbonyl (C=O) groups is 1. The third-order valence-corrected chi connectivity index (χ3v) is 2.30. The maximum atomic E-state index is 12.5. The Hall–Kier alpha value is -1.41. The Balaban J connectivity index is 2.95. The number of aryl methyl sites for hydroxylation is 1. The van der Waals surface area contributed by atoms with Crippen molar-refractivity contribution in [2.45, 2.75) is 25.6 Å². The smallest absolute Gasteiger partial charge is 0.310 e. The zero-order valence-corrected chi connectivity index (χ0v) is 10.2. The summed E-state index contributed by atoms with van der Waals surface area (Å²) in [6.45, 7) is 2.11. The van der Waals surface area contributed by atoms with Crippen LogP contribution >= 0.6 is 11.6 Å². The summed E-state index contributed by atoms with van der Waals surface area (Å²) in [7, 11) is 0. The van der Waals surface area contributed by atoms with Crippen LogP contribution in [0.3, 0.4) is 0 Å². The van der Waals surface area contributed by atoms with E-state index in [0.29, 0.717) is 12.6 Å². The van der Waals surface area contributed by atoms with Crippen LogP contribution in [0.15, 0.2) is 6.07 Å². The van der Waals surface area contributed by atoms with E-state index >= 15 is 0 Å². The van der Waals surface area contributed by atoms with Crippen molar-refractivity contribution in [1.29, 1.82) is 0 Å². The Labute approximate surface area is 106 Å². The molecule has 0 saturated carbocycles. The van der Waals surface area contributed by atoms with Gasteiger partial charge in [-0.05, 0) is 19.9 Å². The molecule has 0 aliphatic carbocycles. The van der Waals surface area contributed by atoms with Gasteiger partial charge >= 0.3 is 6.18 Å². The Kier molecular flexibility index (Phi) is 3.82. The highest BCUT2D eigenvalue weighted by atomic mass is 35.5. The first-order valence-electron chi connectivity index (χ1n) is 4.72. The van der Waals surface area contributed by atoms with E-state index in [1.165, 1.54) is 6.07 Å². The lowest BCUT2D eigenvalue weighted by atomic mass is 10.0. The highest BCUT2D eigenvalue weighted by Crippen LogP contribution is 2.28. The zero-order chi connectivity index (χ0) is 14.1. The number of nitrogens with one attached hydrogen (secondary N) is 1. The SMILES string of the molecule is Cc1cc(Cl)nc(NC(=O)C(C)(N)C(F)(F)F)n1. The van der Waals surface area contributed by atoms with Gasteiger partial charge in [0.1, 0.15) is 5.15 Å². The van der Waals surface area contributed by atoms with E-state index in [2.05, 4.69) is 9.97 Å². The number of carbonyl (C=O) groups excluding carboxylic acids is 1. The molecule has 0 saturated heterocycles. The number of amides is 1. The number of halogens is 4. The van der Waals surface area contributed by atoms with Crippen LogP contribution in [0.5, 0.6) is 0 Å². The van der Waals surface area contributed by atoms with Gasteiger partial charge in [-0.3, -0.25) is 10.1 Å². The number of aromatic nitrogens is 2.